The lowest BCUT2D eigenvalue weighted by atomic mass is 10.1. The average molecular weight is 406 g/mol. The molecule has 3 aromatic rings. The summed E-state index contributed by atoms with van der Waals surface area (Å²) >= 11 is 0. The summed E-state index contributed by atoms with van der Waals surface area (Å²) in [4.78, 5) is 25.1. The number of nitrogens with one attached hydrogen (secondary N) is 2. The number of hydrogen-bond acceptors (Lipinski definition) is 3. The van der Waals surface area contributed by atoms with Gasteiger partial charge in [0.1, 0.15) is 11.6 Å². The van der Waals surface area contributed by atoms with E-state index < -0.39 is 0 Å². The van der Waals surface area contributed by atoms with Gasteiger partial charge in [-0.3, -0.25) is 9.59 Å². The van der Waals surface area contributed by atoms with E-state index in [2.05, 4.69) is 10.6 Å². The monoisotopic (exact) mass is 406 g/mol. The highest BCUT2D eigenvalue weighted by Crippen LogP contribution is 2.19. The average Bonchev–Trinajstić information content (AvgIpc) is 2.75. The minimum atomic E-state index is -0.378. The molecule has 0 aliphatic carbocycles. The van der Waals surface area contributed by atoms with Gasteiger partial charge in [0.25, 0.3) is 11.8 Å². The maximum Gasteiger partial charge on any atom is 0.255 e. The van der Waals surface area contributed by atoms with Gasteiger partial charge >= 0.3 is 0 Å². The summed E-state index contributed by atoms with van der Waals surface area (Å²) in [7, 11) is 0. The Labute approximate surface area is 174 Å². The molecule has 0 aromatic heterocycles. The largest absolute Gasteiger partial charge is 0.491 e. The molecule has 0 bridgehead atoms. The van der Waals surface area contributed by atoms with Gasteiger partial charge in [0.2, 0.25) is 0 Å². The minimum Gasteiger partial charge on any atom is -0.491 e. The molecule has 1 atom stereocenters. The molecule has 0 fully saturated rings. The highest BCUT2D eigenvalue weighted by Gasteiger charge is 2.11. The fourth-order valence-corrected chi connectivity index (χ4v) is 2.70. The molecule has 3 rings (SSSR count). The molecule has 0 saturated heterocycles. The Morgan fingerprint density at radius 2 is 1.47 bits per heavy atom. The number of carbonyl (C=O) groups excluding carboxylic acids is 2. The van der Waals surface area contributed by atoms with E-state index in [0.29, 0.717) is 28.3 Å². The van der Waals surface area contributed by atoms with Gasteiger partial charge in [0, 0.05) is 22.5 Å². The van der Waals surface area contributed by atoms with Crippen LogP contribution in [-0.4, -0.2) is 17.9 Å². The zero-order chi connectivity index (χ0) is 21.5. The summed E-state index contributed by atoms with van der Waals surface area (Å²) in [5.41, 5.74) is 1.79. The molecule has 5 nitrogen and oxygen atoms in total. The molecule has 6 heteroatoms. The van der Waals surface area contributed by atoms with Gasteiger partial charge < -0.3 is 15.4 Å². The first kappa shape index (κ1) is 21.0. The van der Waals surface area contributed by atoms with E-state index in [1.165, 1.54) is 24.3 Å². The van der Waals surface area contributed by atoms with Gasteiger partial charge in [0.05, 0.1) is 6.10 Å². The van der Waals surface area contributed by atoms with Crippen LogP contribution in [0, 0.1) is 5.82 Å². The molecule has 0 aliphatic rings. The van der Waals surface area contributed by atoms with Crippen molar-refractivity contribution in [3.63, 3.8) is 0 Å². The number of halogens is 1. The summed E-state index contributed by atoms with van der Waals surface area (Å²) in [5, 5.41) is 5.49. The van der Waals surface area contributed by atoms with Crippen molar-refractivity contribution in [2.75, 3.05) is 10.6 Å². The molecule has 0 saturated carbocycles. The molecule has 0 heterocycles. The standard InChI is InChI=1S/C24H23FN2O3/c1-3-16(2)30-22-9-5-7-18(15-22)24(29)27-21-8-4-6-17(14-21)23(28)26-20-12-10-19(25)11-13-20/h4-16H,3H2,1-2H3,(H,26,28)(H,27,29). The molecule has 3 aromatic carbocycles. The number of carbonyl (C=O) groups is 2. The molecular formula is C24H23FN2O3. The van der Waals surface area contributed by atoms with Gasteiger partial charge in [-0.1, -0.05) is 19.1 Å². The summed E-state index contributed by atoms with van der Waals surface area (Å²) in [6, 6.07) is 19.0. The van der Waals surface area contributed by atoms with Crippen LogP contribution in [-0.2, 0) is 0 Å². The number of ether oxygens (including phenoxy) is 1. The highest BCUT2D eigenvalue weighted by atomic mass is 19.1. The third-order valence-electron chi connectivity index (χ3n) is 4.49. The number of benzene rings is 3. The molecule has 0 aliphatic heterocycles. The fourth-order valence-electron chi connectivity index (χ4n) is 2.70. The molecule has 0 spiro atoms. The van der Waals surface area contributed by atoms with Crippen LogP contribution in [0.3, 0.4) is 0 Å². The van der Waals surface area contributed by atoms with E-state index in [0.717, 1.165) is 6.42 Å². The van der Waals surface area contributed by atoms with Crippen LogP contribution >= 0.6 is 0 Å². The Morgan fingerprint density at radius 3 is 2.13 bits per heavy atom. The number of anilines is 2. The second kappa shape index (κ2) is 9.69. The first-order valence-electron chi connectivity index (χ1n) is 9.69. The normalized spacial score (nSPS) is 11.4. The zero-order valence-electron chi connectivity index (χ0n) is 16.8. The van der Waals surface area contributed by atoms with E-state index in [1.54, 1.807) is 42.5 Å². The van der Waals surface area contributed by atoms with Gasteiger partial charge in [-0.25, -0.2) is 4.39 Å². The third kappa shape index (κ3) is 5.67. The number of hydrogen-bond donors (Lipinski definition) is 2. The van der Waals surface area contributed by atoms with E-state index >= 15 is 0 Å². The van der Waals surface area contributed by atoms with Crippen molar-refractivity contribution < 1.29 is 18.7 Å². The third-order valence-corrected chi connectivity index (χ3v) is 4.49. The Morgan fingerprint density at radius 1 is 0.867 bits per heavy atom. The first-order valence-corrected chi connectivity index (χ1v) is 9.69. The summed E-state index contributed by atoms with van der Waals surface area (Å²) in [5.74, 6) is -0.414. The van der Waals surface area contributed by atoms with E-state index in [1.807, 2.05) is 19.9 Å². The lowest BCUT2D eigenvalue weighted by Gasteiger charge is -2.13. The van der Waals surface area contributed by atoms with Crippen LogP contribution in [0.2, 0.25) is 0 Å². The van der Waals surface area contributed by atoms with Gasteiger partial charge in [-0.05, 0) is 74.0 Å². The van der Waals surface area contributed by atoms with Crippen LogP contribution in [0.15, 0.2) is 72.8 Å². The molecule has 154 valence electrons. The fraction of sp³-hybridized carbons (Fsp3) is 0.167. The smallest absolute Gasteiger partial charge is 0.255 e. The van der Waals surface area contributed by atoms with E-state index in [4.69, 9.17) is 4.74 Å². The van der Waals surface area contributed by atoms with Crippen molar-refractivity contribution >= 4 is 23.2 Å². The molecule has 0 radical (unpaired) electrons. The van der Waals surface area contributed by atoms with Crippen molar-refractivity contribution in [1.82, 2.24) is 0 Å². The Kier molecular flexibility index (Phi) is 6.80. The minimum absolute atomic E-state index is 0.0552. The van der Waals surface area contributed by atoms with Crippen LogP contribution in [0.5, 0.6) is 5.75 Å². The van der Waals surface area contributed by atoms with E-state index in [9.17, 15) is 14.0 Å². The maximum atomic E-state index is 13.0. The number of amides is 2. The van der Waals surface area contributed by atoms with Crippen molar-refractivity contribution in [1.29, 1.82) is 0 Å². The predicted molar refractivity (Wildman–Crippen MR) is 116 cm³/mol. The second-order valence-electron chi connectivity index (χ2n) is 6.86. The van der Waals surface area contributed by atoms with Crippen molar-refractivity contribution in [3.05, 3.63) is 89.7 Å². The SMILES string of the molecule is CCC(C)Oc1cccc(C(=O)Nc2cccc(C(=O)Nc3ccc(F)cc3)c2)c1. The summed E-state index contributed by atoms with van der Waals surface area (Å²) in [6.45, 7) is 4.00. The molecule has 1 unspecified atom stereocenters. The van der Waals surface area contributed by atoms with Gasteiger partial charge in [-0.2, -0.15) is 0 Å². The van der Waals surface area contributed by atoms with Gasteiger partial charge in [-0.15, -0.1) is 0 Å². The predicted octanol–water partition coefficient (Wildman–Crippen LogP) is 5.51. The van der Waals surface area contributed by atoms with Gasteiger partial charge in [0.15, 0.2) is 0 Å². The lowest BCUT2D eigenvalue weighted by Crippen LogP contribution is -2.15. The Hall–Kier alpha value is -3.67. The second-order valence-corrected chi connectivity index (χ2v) is 6.86. The lowest BCUT2D eigenvalue weighted by molar-refractivity contribution is 0.101. The van der Waals surface area contributed by atoms with Crippen LogP contribution < -0.4 is 15.4 Å². The first-order chi connectivity index (χ1) is 14.4. The maximum absolute atomic E-state index is 13.0. The topological polar surface area (TPSA) is 67.4 Å². The van der Waals surface area contributed by atoms with Crippen LogP contribution in [0.4, 0.5) is 15.8 Å². The van der Waals surface area contributed by atoms with Crippen molar-refractivity contribution in [2.24, 2.45) is 0 Å². The summed E-state index contributed by atoms with van der Waals surface area (Å²) in [6.07, 6.45) is 0.919. The number of rotatable bonds is 7. The molecule has 30 heavy (non-hydrogen) atoms. The van der Waals surface area contributed by atoms with Crippen molar-refractivity contribution in [2.45, 2.75) is 26.4 Å². The Bertz CT molecular complexity index is 1030. The zero-order valence-corrected chi connectivity index (χ0v) is 16.8. The quantitative estimate of drug-likeness (QED) is 0.544. The van der Waals surface area contributed by atoms with E-state index in [-0.39, 0.29) is 23.7 Å². The molecule has 2 amide bonds. The molecule has 2 N–H and O–H groups in total. The van der Waals surface area contributed by atoms with Crippen molar-refractivity contribution in [3.8, 4) is 5.75 Å². The summed E-state index contributed by atoms with van der Waals surface area (Å²) < 4.78 is 18.8. The van der Waals surface area contributed by atoms with Crippen LogP contribution in [0.25, 0.3) is 0 Å². The highest BCUT2D eigenvalue weighted by molar-refractivity contribution is 6.07. The Balaban J connectivity index is 1.68. The molecular weight excluding hydrogens is 383 g/mol. The van der Waals surface area contributed by atoms with Crippen LogP contribution in [0.1, 0.15) is 41.0 Å².